The zero-order chi connectivity index (χ0) is 15.1. The van der Waals surface area contributed by atoms with Crippen LogP contribution in [0.4, 0.5) is 4.39 Å². The Morgan fingerprint density at radius 3 is 2.35 bits per heavy atom. The minimum atomic E-state index is -0.481. The van der Waals surface area contributed by atoms with Crippen LogP contribution in [0.1, 0.15) is 32.4 Å². The average molecular weight is 324 g/mol. The van der Waals surface area contributed by atoms with Crippen molar-refractivity contribution in [2.24, 2.45) is 0 Å². The molecule has 0 radical (unpaired) electrons. The Balaban J connectivity index is 2.71. The minimum Gasteiger partial charge on any atom is -0.352 e. The Morgan fingerprint density at radius 2 is 1.80 bits per heavy atom. The fourth-order valence-corrected chi connectivity index (χ4v) is 2.55. The molecule has 0 saturated carbocycles. The smallest absolute Gasteiger partial charge is 0.169 e. The van der Waals surface area contributed by atoms with Crippen molar-refractivity contribution in [2.75, 3.05) is 19.8 Å². The van der Waals surface area contributed by atoms with E-state index in [1.165, 1.54) is 12.1 Å². The lowest BCUT2D eigenvalue weighted by Gasteiger charge is -2.22. The summed E-state index contributed by atoms with van der Waals surface area (Å²) in [6.07, 6.45) is -0.349. The second-order valence-electron chi connectivity index (χ2n) is 4.23. The molecule has 0 bridgehead atoms. The first-order chi connectivity index (χ1) is 9.51. The molecule has 3 nitrogen and oxygen atoms in total. The van der Waals surface area contributed by atoms with Gasteiger partial charge in [-0.15, -0.1) is 0 Å². The van der Waals surface area contributed by atoms with Crippen molar-refractivity contribution in [1.29, 1.82) is 0 Å². The van der Waals surface area contributed by atoms with E-state index in [-0.39, 0.29) is 17.4 Å². The first-order valence-corrected chi connectivity index (χ1v) is 7.36. The fraction of sp³-hybridized carbons (Fsp3) is 0.571. The number of halogens is 3. The summed E-state index contributed by atoms with van der Waals surface area (Å²) in [5.74, 6) is -0.481. The van der Waals surface area contributed by atoms with E-state index in [9.17, 15) is 4.39 Å². The van der Waals surface area contributed by atoms with E-state index < -0.39 is 5.82 Å². The van der Waals surface area contributed by atoms with Crippen LogP contribution < -0.4 is 5.32 Å². The third kappa shape index (κ3) is 4.86. The van der Waals surface area contributed by atoms with Gasteiger partial charge in [0.2, 0.25) is 0 Å². The Hall–Kier alpha value is -0.390. The topological polar surface area (TPSA) is 30.5 Å². The Morgan fingerprint density at radius 1 is 1.20 bits per heavy atom. The van der Waals surface area contributed by atoms with Gasteiger partial charge in [-0.1, -0.05) is 23.2 Å². The molecule has 0 heterocycles. The molecule has 0 aliphatic heterocycles. The van der Waals surface area contributed by atoms with E-state index in [0.29, 0.717) is 30.3 Å². The molecule has 20 heavy (non-hydrogen) atoms. The summed E-state index contributed by atoms with van der Waals surface area (Å²) in [4.78, 5) is 0. The predicted molar refractivity (Wildman–Crippen MR) is 79.9 cm³/mol. The SMILES string of the molecule is CCOC(CNC(C)c1c(Cl)ccc(F)c1Cl)OCC. The summed E-state index contributed by atoms with van der Waals surface area (Å²) in [7, 11) is 0. The van der Waals surface area contributed by atoms with Crippen molar-refractivity contribution in [2.45, 2.75) is 33.1 Å². The minimum absolute atomic E-state index is 0.0434. The quantitative estimate of drug-likeness (QED) is 0.575. The number of hydrogen-bond donors (Lipinski definition) is 1. The second-order valence-corrected chi connectivity index (χ2v) is 5.01. The molecule has 1 aromatic carbocycles. The Labute approximate surface area is 129 Å². The van der Waals surface area contributed by atoms with Crippen LogP contribution in [0, 0.1) is 5.82 Å². The summed E-state index contributed by atoms with van der Waals surface area (Å²) < 4.78 is 24.3. The molecule has 1 N–H and O–H groups in total. The summed E-state index contributed by atoms with van der Waals surface area (Å²) >= 11 is 12.0. The highest BCUT2D eigenvalue weighted by Gasteiger charge is 2.18. The number of nitrogens with one attached hydrogen (secondary N) is 1. The largest absolute Gasteiger partial charge is 0.352 e. The molecular weight excluding hydrogens is 304 g/mol. The van der Waals surface area contributed by atoms with Gasteiger partial charge in [0.15, 0.2) is 6.29 Å². The molecule has 0 fully saturated rings. The van der Waals surface area contributed by atoms with Crippen LogP contribution >= 0.6 is 23.2 Å². The summed E-state index contributed by atoms with van der Waals surface area (Å²) in [5.41, 5.74) is 0.542. The maximum Gasteiger partial charge on any atom is 0.169 e. The zero-order valence-corrected chi connectivity index (χ0v) is 13.4. The number of hydrogen-bond acceptors (Lipinski definition) is 3. The van der Waals surface area contributed by atoms with Gasteiger partial charge in [0.05, 0.1) is 5.02 Å². The number of benzene rings is 1. The van der Waals surface area contributed by atoms with Crippen molar-refractivity contribution in [3.05, 3.63) is 33.6 Å². The van der Waals surface area contributed by atoms with Gasteiger partial charge in [0.1, 0.15) is 5.82 Å². The van der Waals surface area contributed by atoms with Crippen molar-refractivity contribution in [3.63, 3.8) is 0 Å². The van der Waals surface area contributed by atoms with Crippen molar-refractivity contribution in [3.8, 4) is 0 Å². The van der Waals surface area contributed by atoms with E-state index in [2.05, 4.69) is 5.32 Å². The van der Waals surface area contributed by atoms with Crippen molar-refractivity contribution < 1.29 is 13.9 Å². The molecule has 114 valence electrons. The highest BCUT2D eigenvalue weighted by molar-refractivity contribution is 6.36. The lowest BCUT2D eigenvalue weighted by Crippen LogP contribution is -2.33. The molecule has 1 atom stereocenters. The van der Waals surface area contributed by atoms with Gasteiger partial charge in [-0.3, -0.25) is 0 Å². The van der Waals surface area contributed by atoms with Crippen LogP contribution in [-0.4, -0.2) is 26.0 Å². The molecular formula is C14H20Cl2FNO2. The highest BCUT2D eigenvalue weighted by atomic mass is 35.5. The standard InChI is InChI=1S/C14H20Cl2FNO2/c1-4-19-12(20-5-2)8-18-9(3)13-10(15)6-7-11(17)14(13)16/h6-7,9,12,18H,4-5,8H2,1-3H3. The Bertz CT molecular complexity index is 426. The molecule has 0 amide bonds. The molecule has 1 aromatic rings. The number of ether oxygens (including phenoxy) is 2. The normalized spacial score (nSPS) is 12.9. The van der Waals surface area contributed by atoms with E-state index in [4.69, 9.17) is 32.7 Å². The van der Waals surface area contributed by atoms with Crippen LogP contribution in [0.25, 0.3) is 0 Å². The predicted octanol–water partition coefficient (Wildman–Crippen LogP) is 4.18. The monoisotopic (exact) mass is 323 g/mol. The van der Waals surface area contributed by atoms with Gasteiger partial charge in [0.25, 0.3) is 0 Å². The summed E-state index contributed by atoms with van der Waals surface area (Å²) in [5, 5.41) is 3.67. The van der Waals surface area contributed by atoms with Crippen molar-refractivity contribution in [1.82, 2.24) is 5.32 Å². The van der Waals surface area contributed by atoms with Crippen molar-refractivity contribution >= 4 is 23.2 Å². The third-order valence-corrected chi connectivity index (χ3v) is 3.52. The lowest BCUT2D eigenvalue weighted by molar-refractivity contribution is -0.133. The summed E-state index contributed by atoms with van der Waals surface area (Å²) in [6.45, 7) is 7.24. The average Bonchev–Trinajstić information content (AvgIpc) is 2.41. The zero-order valence-electron chi connectivity index (χ0n) is 11.9. The first kappa shape index (κ1) is 17.7. The molecule has 0 spiro atoms. The van der Waals surface area contributed by atoms with Crippen LogP contribution in [-0.2, 0) is 9.47 Å². The van der Waals surface area contributed by atoms with Crippen LogP contribution in [0.5, 0.6) is 0 Å². The van der Waals surface area contributed by atoms with Gasteiger partial charge in [-0.05, 0) is 32.9 Å². The van der Waals surface area contributed by atoms with Gasteiger partial charge in [0, 0.05) is 36.4 Å². The molecule has 0 aromatic heterocycles. The highest BCUT2D eigenvalue weighted by Crippen LogP contribution is 2.32. The van der Waals surface area contributed by atoms with Gasteiger partial charge in [-0.2, -0.15) is 0 Å². The van der Waals surface area contributed by atoms with Gasteiger partial charge < -0.3 is 14.8 Å². The molecule has 0 aliphatic rings. The third-order valence-electron chi connectivity index (χ3n) is 2.81. The molecule has 0 saturated heterocycles. The molecule has 1 unspecified atom stereocenters. The summed E-state index contributed by atoms with van der Waals surface area (Å²) in [6, 6.07) is 2.54. The molecule has 1 rings (SSSR count). The second kappa shape index (κ2) is 8.80. The maximum atomic E-state index is 13.5. The van der Waals surface area contributed by atoms with Crippen LogP contribution in [0.15, 0.2) is 12.1 Å². The van der Waals surface area contributed by atoms with Crippen LogP contribution in [0.2, 0.25) is 10.0 Å². The lowest BCUT2D eigenvalue weighted by atomic mass is 10.1. The molecule has 6 heteroatoms. The number of rotatable bonds is 8. The van der Waals surface area contributed by atoms with Gasteiger partial charge >= 0.3 is 0 Å². The van der Waals surface area contributed by atoms with E-state index in [1.54, 1.807) is 0 Å². The van der Waals surface area contributed by atoms with E-state index in [1.807, 2.05) is 20.8 Å². The molecule has 0 aliphatic carbocycles. The van der Waals surface area contributed by atoms with E-state index in [0.717, 1.165) is 0 Å². The maximum absolute atomic E-state index is 13.5. The van der Waals surface area contributed by atoms with Crippen LogP contribution in [0.3, 0.4) is 0 Å². The van der Waals surface area contributed by atoms with Gasteiger partial charge in [-0.25, -0.2) is 4.39 Å². The Kier molecular flexibility index (Phi) is 7.77. The fourth-order valence-electron chi connectivity index (χ4n) is 1.85. The van der Waals surface area contributed by atoms with E-state index >= 15 is 0 Å². The first-order valence-electron chi connectivity index (χ1n) is 6.61.